The Kier molecular flexibility index (Phi) is 7.72. The first kappa shape index (κ1) is 23.6. The van der Waals surface area contributed by atoms with Gasteiger partial charge in [0.2, 0.25) is 5.91 Å². The van der Waals surface area contributed by atoms with E-state index in [0.29, 0.717) is 12.1 Å². The summed E-state index contributed by atoms with van der Waals surface area (Å²) in [6, 6.07) is 3.20. The van der Waals surface area contributed by atoms with Gasteiger partial charge in [0.25, 0.3) is 0 Å². The van der Waals surface area contributed by atoms with Crippen molar-refractivity contribution in [2.45, 2.75) is 45.4 Å². The SMILES string of the molecule is CN(CCCC(=O)Nc1cc(C(F)(F)F)ccc1N(C)C)C(=O)OC(C)(C)C. The number of hydrogen-bond donors (Lipinski definition) is 1. The Balaban J connectivity index is 2.69. The molecule has 6 nitrogen and oxygen atoms in total. The molecule has 0 heterocycles. The van der Waals surface area contributed by atoms with E-state index in [2.05, 4.69) is 5.32 Å². The molecule has 0 radical (unpaired) electrons. The van der Waals surface area contributed by atoms with Crippen LogP contribution in [0, 0.1) is 0 Å². The summed E-state index contributed by atoms with van der Waals surface area (Å²) >= 11 is 0. The molecule has 9 heteroatoms. The number of amides is 2. The molecular formula is C19H28F3N3O3. The van der Waals surface area contributed by atoms with Gasteiger partial charge in [-0.2, -0.15) is 13.2 Å². The average molecular weight is 403 g/mol. The highest BCUT2D eigenvalue weighted by Gasteiger charge is 2.31. The molecule has 0 aliphatic carbocycles. The van der Waals surface area contributed by atoms with Crippen molar-refractivity contribution in [3.05, 3.63) is 23.8 Å². The number of rotatable bonds is 6. The van der Waals surface area contributed by atoms with Crippen molar-refractivity contribution >= 4 is 23.4 Å². The van der Waals surface area contributed by atoms with E-state index in [9.17, 15) is 22.8 Å². The van der Waals surface area contributed by atoms with Crippen LogP contribution in [0.5, 0.6) is 0 Å². The van der Waals surface area contributed by atoms with Crippen LogP contribution in [0.25, 0.3) is 0 Å². The zero-order valence-corrected chi connectivity index (χ0v) is 17.1. The number of halogens is 3. The van der Waals surface area contributed by atoms with E-state index in [1.54, 1.807) is 46.8 Å². The van der Waals surface area contributed by atoms with Gasteiger partial charge in [0.05, 0.1) is 16.9 Å². The van der Waals surface area contributed by atoms with Gasteiger partial charge in [-0.05, 0) is 45.4 Å². The molecule has 1 N–H and O–H groups in total. The Morgan fingerprint density at radius 1 is 1.11 bits per heavy atom. The van der Waals surface area contributed by atoms with Crippen molar-refractivity contribution < 1.29 is 27.5 Å². The first-order valence-corrected chi connectivity index (χ1v) is 8.83. The number of nitrogens with zero attached hydrogens (tertiary/aromatic N) is 2. The van der Waals surface area contributed by atoms with Gasteiger partial charge in [0.15, 0.2) is 0 Å². The fourth-order valence-electron chi connectivity index (χ4n) is 2.32. The third-order valence-corrected chi connectivity index (χ3v) is 3.68. The minimum atomic E-state index is -4.50. The highest BCUT2D eigenvalue weighted by molar-refractivity contribution is 5.94. The van der Waals surface area contributed by atoms with Crippen LogP contribution in [-0.4, -0.2) is 50.2 Å². The quantitative estimate of drug-likeness (QED) is 0.767. The molecule has 0 bridgehead atoms. The zero-order chi connectivity index (χ0) is 21.7. The first-order chi connectivity index (χ1) is 12.7. The third kappa shape index (κ3) is 7.66. The lowest BCUT2D eigenvalue weighted by Crippen LogP contribution is -2.35. The van der Waals surface area contributed by atoms with E-state index in [0.717, 1.165) is 12.1 Å². The minimum absolute atomic E-state index is 0.0518. The minimum Gasteiger partial charge on any atom is -0.444 e. The number of anilines is 2. The number of nitrogens with one attached hydrogen (secondary N) is 1. The highest BCUT2D eigenvalue weighted by Crippen LogP contribution is 2.35. The van der Waals surface area contributed by atoms with Gasteiger partial charge in [-0.3, -0.25) is 4.79 Å². The molecule has 2 amide bonds. The Morgan fingerprint density at radius 3 is 2.21 bits per heavy atom. The van der Waals surface area contributed by atoms with E-state index in [4.69, 9.17) is 4.74 Å². The molecule has 0 atom stereocenters. The Morgan fingerprint density at radius 2 is 1.71 bits per heavy atom. The largest absolute Gasteiger partial charge is 0.444 e. The predicted molar refractivity (Wildman–Crippen MR) is 102 cm³/mol. The van der Waals surface area contributed by atoms with Crippen molar-refractivity contribution in [1.82, 2.24) is 4.90 Å². The second kappa shape index (κ2) is 9.16. The van der Waals surface area contributed by atoms with Crippen LogP contribution in [0.4, 0.5) is 29.3 Å². The molecule has 0 spiro atoms. The number of alkyl halides is 3. The molecule has 1 aromatic rings. The van der Waals surface area contributed by atoms with Gasteiger partial charge in [0, 0.05) is 34.1 Å². The van der Waals surface area contributed by atoms with Crippen LogP contribution in [0.1, 0.15) is 39.2 Å². The number of ether oxygens (including phenoxy) is 1. The van der Waals surface area contributed by atoms with Gasteiger partial charge >= 0.3 is 12.3 Å². The van der Waals surface area contributed by atoms with Crippen LogP contribution in [-0.2, 0) is 15.7 Å². The summed E-state index contributed by atoms with van der Waals surface area (Å²) in [6.07, 6.45) is -4.60. The smallest absolute Gasteiger partial charge is 0.416 e. The normalized spacial score (nSPS) is 11.8. The van der Waals surface area contributed by atoms with Crippen molar-refractivity contribution in [3.63, 3.8) is 0 Å². The summed E-state index contributed by atoms with van der Waals surface area (Å²) in [5.41, 5.74) is -0.898. The Labute approximate surface area is 163 Å². The lowest BCUT2D eigenvalue weighted by atomic mass is 10.1. The standard InChI is InChI=1S/C19H28F3N3O3/c1-18(2,3)28-17(27)25(6)11-7-8-16(26)23-14-12-13(19(20,21)22)9-10-15(14)24(4)5/h9-10,12H,7-8,11H2,1-6H3,(H,23,26). The maximum absolute atomic E-state index is 12.9. The van der Waals surface area contributed by atoms with E-state index < -0.39 is 29.3 Å². The summed E-state index contributed by atoms with van der Waals surface area (Å²) in [5.74, 6) is -0.431. The topological polar surface area (TPSA) is 61.9 Å². The van der Waals surface area contributed by atoms with E-state index >= 15 is 0 Å². The lowest BCUT2D eigenvalue weighted by Gasteiger charge is -2.24. The first-order valence-electron chi connectivity index (χ1n) is 8.83. The molecule has 1 aromatic carbocycles. The van der Waals surface area contributed by atoms with Crippen molar-refractivity contribution in [2.24, 2.45) is 0 Å². The zero-order valence-electron chi connectivity index (χ0n) is 17.1. The molecular weight excluding hydrogens is 375 g/mol. The third-order valence-electron chi connectivity index (χ3n) is 3.68. The average Bonchev–Trinajstić information content (AvgIpc) is 2.51. The molecule has 0 aliphatic rings. The second-order valence-electron chi connectivity index (χ2n) is 7.68. The highest BCUT2D eigenvalue weighted by atomic mass is 19.4. The maximum atomic E-state index is 12.9. The molecule has 0 saturated carbocycles. The monoisotopic (exact) mass is 403 g/mol. The van der Waals surface area contributed by atoms with Crippen molar-refractivity contribution in [3.8, 4) is 0 Å². The Hall–Kier alpha value is -2.45. The van der Waals surface area contributed by atoms with E-state index in [-0.39, 0.29) is 18.7 Å². The van der Waals surface area contributed by atoms with Gasteiger partial charge in [-0.15, -0.1) is 0 Å². The summed E-state index contributed by atoms with van der Waals surface area (Å²) in [7, 11) is 4.91. The maximum Gasteiger partial charge on any atom is 0.416 e. The summed E-state index contributed by atoms with van der Waals surface area (Å²) in [5, 5.41) is 2.53. The Bertz CT molecular complexity index is 698. The van der Waals surface area contributed by atoms with Crippen LogP contribution in [0.15, 0.2) is 18.2 Å². The van der Waals surface area contributed by atoms with Crippen molar-refractivity contribution in [2.75, 3.05) is 37.9 Å². The van der Waals surface area contributed by atoms with Crippen molar-refractivity contribution in [1.29, 1.82) is 0 Å². The number of hydrogen-bond acceptors (Lipinski definition) is 4. The molecule has 0 saturated heterocycles. The van der Waals surface area contributed by atoms with Crippen LogP contribution < -0.4 is 10.2 Å². The number of carbonyl (C=O) groups excluding carboxylic acids is 2. The second-order valence-corrected chi connectivity index (χ2v) is 7.68. The summed E-state index contributed by atoms with van der Waals surface area (Å²) in [4.78, 5) is 27.0. The summed E-state index contributed by atoms with van der Waals surface area (Å²) < 4.78 is 44.1. The lowest BCUT2D eigenvalue weighted by molar-refractivity contribution is -0.137. The molecule has 158 valence electrons. The number of benzene rings is 1. The fraction of sp³-hybridized carbons (Fsp3) is 0.579. The van der Waals surface area contributed by atoms with Gasteiger partial charge < -0.3 is 19.9 Å². The fourth-order valence-corrected chi connectivity index (χ4v) is 2.32. The molecule has 28 heavy (non-hydrogen) atoms. The van der Waals surface area contributed by atoms with Crippen LogP contribution in [0.2, 0.25) is 0 Å². The van der Waals surface area contributed by atoms with Crippen LogP contribution >= 0.6 is 0 Å². The summed E-state index contributed by atoms with van der Waals surface area (Å²) in [6.45, 7) is 5.54. The van der Waals surface area contributed by atoms with E-state index in [1.165, 1.54) is 11.0 Å². The molecule has 1 rings (SSSR count). The molecule has 0 unspecified atom stereocenters. The van der Waals surface area contributed by atoms with Gasteiger partial charge in [-0.1, -0.05) is 0 Å². The molecule has 0 aromatic heterocycles. The molecule has 0 fully saturated rings. The number of carbonyl (C=O) groups is 2. The van der Waals surface area contributed by atoms with Crippen LogP contribution in [0.3, 0.4) is 0 Å². The molecule has 0 aliphatic heterocycles. The predicted octanol–water partition coefficient (Wildman–Crippen LogP) is 4.36. The van der Waals surface area contributed by atoms with E-state index in [1.807, 2.05) is 0 Å². The van der Waals surface area contributed by atoms with Gasteiger partial charge in [-0.25, -0.2) is 4.79 Å². The van der Waals surface area contributed by atoms with Gasteiger partial charge in [0.1, 0.15) is 5.60 Å².